The van der Waals surface area contributed by atoms with Gasteiger partial charge in [-0.3, -0.25) is 4.90 Å². The zero-order valence-electron chi connectivity index (χ0n) is 18.7. The van der Waals surface area contributed by atoms with Gasteiger partial charge in [0.15, 0.2) is 0 Å². The number of nitrogens with zero attached hydrogens (tertiary/aromatic N) is 3. The summed E-state index contributed by atoms with van der Waals surface area (Å²) in [4.78, 5) is 4.82. The molecule has 1 N–H and O–H groups in total. The Morgan fingerprint density at radius 2 is 1.50 bits per heavy atom. The topological polar surface area (TPSA) is 64.1 Å². The minimum absolute atomic E-state index is 0.419. The summed E-state index contributed by atoms with van der Waals surface area (Å²) in [5, 5.41) is 11.6. The minimum Gasteiger partial charge on any atom is -0.385 e. The number of fused-ring (bicyclic) bond motifs is 2. The standard InChI is InChI=1S/C25H33N3O3S/c1-32(30,31)27-15-13-26(14-16-27)22-9-7-21(8-10-22)25(29)17-23-11-12-24(18-25)28(23)19-20-5-3-2-4-6-20/h2-10,23-24,29H,11-19H2,1H3. The maximum Gasteiger partial charge on any atom is 0.211 e. The number of anilines is 1. The minimum atomic E-state index is -3.12. The molecule has 2 aromatic rings. The first-order valence-electron chi connectivity index (χ1n) is 11.6. The third-order valence-corrected chi connectivity index (χ3v) is 8.91. The van der Waals surface area contributed by atoms with Gasteiger partial charge in [0.25, 0.3) is 0 Å². The highest BCUT2D eigenvalue weighted by atomic mass is 32.2. The second kappa shape index (κ2) is 8.45. The Labute approximate surface area is 191 Å². The monoisotopic (exact) mass is 455 g/mol. The van der Waals surface area contributed by atoms with E-state index in [4.69, 9.17) is 0 Å². The molecule has 7 heteroatoms. The molecule has 0 spiro atoms. The largest absolute Gasteiger partial charge is 0.385 e. The van der Waals surface area contributed by atoms with Gasteiger partial charge < -0.3 is 10.0 Å². The van der Waals surface area contributed by atoms with Gasteiger partial charge in [-0.25, -0.2) is 8.42 Å². The Balaban J connectivity index is 1.25. The quantitative estimate of drug-likeness (QED) is 0.751. The van der Waals surface area contributed by atoms with Gasteiger partial charge in [0.1, 0.15) is 0 Å². The number of sulfonamides is 1. The number of rotatable bonds is 5. The van der Waals surface area contributed by atoms with Crippen LogP contribution in [0.1, 0.15) is 36.8 Å². The molecule has 3 fully saturated rings. The Hall–Kier alpha value is -1.93. The van der Waals surface area contributed by atoms with E-state index in [2.05, 4.69) is 64.4 Å². The molecule has 2 atom stereocenters. The first kappa shape index (κ1) is 21.9. The van der Waals surface area contributed by atoms with E-state index < -0.39 is 15.6 Å². The van der Waals surface area contributed by atoms with Crippen molar-refractivity contribution in [3.8, 4) is 0 Å². The van der Waals surface area contributed by atoms with Crippen LogP contribution in [-0.4, -0.2) is 67.2 Å². The lowest BCUT2D eigenvalue weighted by Gasteiger charge is -2.44. The molecule has 0 aliphatic carbocycles. The summed E-state index contributed by atoms with van der Waals surface area (Å²) >= 11 is 0. The van der Waals surface area contributed by atoms with Gasteiger partial charge >= 0.3 is 0 Å². The van der Waals surface area contributed by atoms with Gasteiger partial charge in [-0.1, -0.05) is 42.5 Å². The van der Waals surface area contributed by atoms with Crippen LogP contribution in [-0.2, 0) is 22.2 Å². The summed E-state index contributed by atoms with van der Waals surface area (Å²) in [5.41, 5.74) is 2.67. The van der Waals surface area contributed by atoms with E-state index in [0.29, 0.717) is 38.3 Å². The summed E-state index contributed by atoms with van der Waals surface area (Å²) in [7, 11) is -3.12. The molecule has 3 saturated heterocycles. The average molecular weight is 456 g/mol. The van der Waals surface area contributed by atoms with E-state index in [-0.39, 0.29) is 0 Å². The van der Waals surface area contributed by atoms with Gasteiger partial charge in [0.05, 0.1) is 11.9 Å². The summed E-state index contributed by atoms with van der Waals surface area (Å²) in [6.45, 7) is 3.38. The van der Waals surface area contributed by atoms with Crippen molar-refractivity contribution in [1.29, 1.82) is 0 Å². The highest BCUT2D eigenvalue weighted by Gasteiger charge is 2.48. The van der Waals surface area contributed by atoms with Crippen molar-refractivity contribution in [2.75, 3.05) is 37.3 Å². The summed E-state index contributed by atoms with van der Waals surface area (Å²) in [6, 6.07) is 19.8. The predicted octanol–water partition coefficient (Wildman–Crippen LogP) is 2.78. The average Bonchev–Trinajstić information content (AvgIpc) is 3.03. The summed E-state index contributed by atoms with van der Waals surface area (Å²) < 4.78 is 25.0. The van der Waals surface area contributed by atoms with Crippen molar-refractivity contribution < 1.29 is 13.5 Å². The van der Waals surface area contributed by atoms with Gasteiger partial charge in [-0.15, -0.1) is 0 Å². The third-order valence-electron chi connectivity index (χ3n) is 7.60. The molecule has 0 amide bonds. The smallest absolute Gasteiger partial charge is 0.211 e. The van der Waals surface area contributed by atoms with Gasteiger partial charge in [-0.05, 0) is 48.9 Å². The number of aliphatic hydroxyl groups is 1. The Kier molecular flexibility index (Phi) is 5.78. The predicted molar refractivity (Wildman–Crippen MR) is 127 cm³/mol. The molecule has 2 bridgehead atoms. The molecule has 3 aliphatic heterocycles. The maximum atomic E-state index is 11.7. The maximum absolute atomic E-state index is 11.7. The van der Waals surface area contributed by atoms with Crippen LogP contribution >= 0.6 is 0 Å². The van der Waals surface area contributed by atoms with Crippen molar-refractivity contribution in [2.45, 2.75) is 49.9 Å². The number of piperazine rings is 1. The molecule has 0 radical (unpaired) electrons. The van der Waals surface area contributed by atoms with Crippen LogP contribution in [0.25, 0.3) is 0 Å². The number of piperidine rings is 1. The lowest BCUT2D eigenvalue weighted by atomic mass is 9.80. The Bertz CT molecular complexity index is 1020. The van der Waals surface area contributed by atoms with Gasteiger partial charge in [-0.2, -0.15) is 4.31 Å². The third kappa shape index (κ3) is 4.31. The fourth-order valence-corrected chi connectivity index (χ4v) is 6.69. The molecule has 5 rings (SSSR count). The van der Waals surface area contributed by atoms with E-state index in [1.54, 1.807) is 4.31 Å². The van der Waals surface area contributed by atoms with Crippen molar-refractivity contribution >= 4 is 15.7 Å². The second-order valence-electron chi connectivity index (χ2n) is 9.68. The number of benzene rings is 2. The molecular weight excluding hydrogens is 422 g/mol. The summed E-state index contributed by atoms with van der Waals surface area (Å²) in [5.74, 6) is 0. The number of hydrogen-bond acceptors (Lipinski definition) is 5. The van der Waals surface area contributed by atoms with Crippen LogP contribution in [0.5, 0.6) is 0 Å². The van der Waals surface area contributed by atoms with E-state index in [1.807, 2.05) is 0 Å². The van der Waals surface area contributed by atoms with Crippen LogP contribution in [0.3, 0.4) is 0 Å². The fraction of sp³-hybridized carbons (Fsp3) is 0.520. The normalized spacial score (nSPS) is 29.4. The van der Waals surface area contributed by atoms with E-state index in [9.17, 15) is 13.5 Å². The molecule has 3 aliphatic rings. The lowest BCUT2D eigenvalue weighted by molar-refractivity contribution is -0.0595. The van der Waals surface area contributed by atoms with E-state index >= 15 is 0 Å². The molecule has 0 aromatic heterocycles. The Morgan fingerprint density at radius 3 is 2.06 bits per heavy atom. The highest BCUT2D eigenvalue weighted by Crippen LogP contribution is 2.46. The molecular formula is C25H33N3O3S. The van der Waals surface area contributed by atoms with Crippen molar-refractivity contribution in [3.05, 3.63) is 65.7 Å². The Morgan fingerprint density at radius 1 is 0.906 bits per heavy atom. The van der Waals surface area contributed by atoms with Gasteiger partial charge in [0.2, 0.25) is 10.0 Å². The highest BCUT2D eigenvalue weighted by molar-refractivity contribution is 7.88. The summed E-state index contributed by atoms with van der Waals surface area (Å²) in [6.07, 6.45) is 5.15. The van der Waals surface area contributed by atoms with Crippen molar-refractivity contribution in [3.63, 3.8) is 0 Å². The zero-order chi connectivity index (χ0) is 22.3. The number of hydrogen-bond donors (Lipinski definition) is 1. The molecule has 2 unspecified atom stereocenters. The fourth-order valence-electron chi connectivity index (χ4n) is 5.86. The van der Waals surface area contributed by atoms with Gasteiger partial charge in [0, 0.05) is 50.5 Å². The first-order chi connectivity index (χ1) is 15.3. The SMILES string of the molecule is CS(=O)(=O)N1CCN(c2ccc(C3(O)CC4CCC(C3)N4Cc3ccccc3)cc2)CC1. The van der Waals surface area contributed by atoms with Crippen LogP contribution in [0.15, 0.2) is 54.6 Å². The molecule has 32 heavy (non-hydrogen) atoms. The van der Waals surface area contributed by atoms with Crippen molar-refractivity contribution in [2.24, 2.45) is 0 Å². The van der Waals surface area contributed by atoms with Crippen molar-refractivity contribution in [1.82, 2.24) is 9.21 Å². The molecule has 6 nitrogen and oxygen atoms in total. The molecule has 172 valence electrons. The first-order valence-corrected chi connectivity index (χ1v) is 13.5. The second-order valence-corrected chi connectivity index (χ2v) is 11.7. The van der Waals surface area contributed by atoms with E-state index in [1.165, 1.54) is 11.8 Å². The van der Waals surface area contributed by atoms with Crippen LogP contribution in [0.4, 0.5) is 5.69 Å². The molecule has 0 saturated carbocycles. The van der Waals surface area contributed by atoms with Crippen LogP contribution in [0, 0.1) is 0 Å². The van der Waals surface area contributed by atoms with E-state index in [0.717, 1.165) is 43.5 Å². The molecule has 3 heterocycles. The zero-order valence-corrected chi connectivity index (χ0v) is 19.5. The van der Waals surface area contributed by atoms with Crippen LogP contribution in [0.2, 0.25) is 0 Å². The lowest BCUT2D eigenvalue weighted by Crippen LogP contribution is -2.49. The molecule has 2 aromatic carbocycles. The van der Waals surface area contributed by atoms with Crippen LogP contribution < -0.4 is 4.90 Å².